The zero-order chi connectivity index (χ0) is 15.5. The van der Waals surface area contributed by atoms with E-state index in [1.54, 1.807) is 0 Å². The molecule has 1 rings (SSSR count). The smallest absolute Gasteiger partial charge is 0.317 e. The Morgan fingerprint density at radius 1 is 1.35 bits per heavy atom. The predicted molar refractivity (Wildman–Crippen MR) is 77.7 cm³/mol. The van der Waals surface area contributed by atoms with Crippen LogP contribution in [0.3, 0.4) is 0 Å². The number of hydrogen-bond acceptors (Lipinski definition) is 3. The molecule has 0 saturated carbocycles. The number of urea groups is 1. The lowest BCUT2D eigenvalue weighted by molar-refractivity contribution is -0.137. The fraction of sp³-hybridized carbons (Fsp3) is 0.857. The van der Waals surface area contributed by atoms with E-state index in [9.17, 15) is 9.59 Å². The van der Waals surface area contributed by atoms with Crippen LogP contribution in [0.1, 0.15) is 33.6 Å². The number of carboxylic acids is 1. The van der Waals surface area contributed by atoms with Crippen molar-refractivity contribution in [2.75, 3.05) is 27.2 Å². The molecule has 0 spiro atoms. The van der Waals surface area contributed by atoms with Gasteiger partial charge in [0.25, 0.3) is 0 Å². The summed E-state index contributed by atoms with van der Waals surface area (Å²) < 4.78 is 0. The second kappa shape index (κ2) is 6.43. The summed E-state index contributed by atoms with van der Waals surface area (Å²) in [6, 6.07) is 0.277. The van der Waals surface area contributed by atoms with Gasteiger partial charge in [-0.15, -0.1) is 0 Å². The van der Waals surface area contributed by atoms with Gasteiger partial charge in [-0.05, 0) is 40.3 Å². The van der Waals surface area contributed by atoms with E-state index in [1.165, 1.54) is 0 Å². The molecule has 1 saturated heterocycles. The number of likely N-dealkylation sites (tertiary alicyclic amines) is 1. The van der Waals surface area contributed by atoms with Crippen LogP contribution in [0.4, 0.5) is 4.79 Å². The van der Waals surface area contributed by atoms with Gasteiger partial charge < -0.3 is 20.2 Å². The van der Waals surface area contributed by atoms with Crippen LogP contribution >= 0.6 is 0 Å². The van der Waals surface area contributed by atoms with Gasteiger partial charge in [-0.1, -0.05) is 6.92 Å². The topological polar surface area (TPSA) is 72.9 Å². The Balaban J connectivity index is 2.53. The SMILES string of the molecule is CC1CN(C(=O)NC(C)(C)CCC(=O)O)CC1N(C)C. The number of rotatable bonds is 5. The van der Waals surface area contributed by atoms with E-state index in [-0.39, 0.29) is 12.5 Å². The highest BCUT2D eigenvalue weighted by molar-refractivity contribution is 5.75. The number of amides is 2. The van der Waals surface area contributed by atoms with Gasteiger partial charge in [0, 0.05) is 31.1 Å². The van der Waals surface area contributed by atoms with E-state index in [1.807, 2.05) is 32.8 Å². The van der Waals surface area contributed by atoms with E-state index in [0.717, 1.165) is 13.1 Å². The van der Waals surface area contributed by atoms with Crippen LogP contribution in [0.5, 0.6) is 0 Å². The zero-order valence-corrected chi connectivity index (χ0v) is 13.1. The Morgan fingerprint density at radius 2 is 1.95 bits per heavy atom. The number of carbonyl (C=O) groups excluding carboxylic acids is 1. The van der Waals surface area contributed by atoms with Gasteiger partial charge in [-0.3, -0.25) is 4.79 Å². The number of carbonyl (C=O) groups is 2. The predicted octanol–water partition coefficient (Wildman–Crippen LogP) is 1.22. The minimum atomic E-state index is -0.838. The molecule has 20 heavy (non-hydrogen) atoms. The van der Waals surface area contributed by atoms with Crippen molar-refractivity contribution in [2.45, 2.75) is 45.2 Å². The maximum absolute atomic E-state index is 12.3. The third-order valence-electron chi connectivity index (χ3n) is 3.93. The quantitative estimate of drug-likeness (QED) is 0.796. The molecular weight excluding hydrogens is 258 g/mol. The van der Waals surface area contributed by atoms with E-state index in [2.05, 4.69) is 17.1 Å². The maximum Gasteiger partial charge on any atom is 0.317 e. The Kier molecular flexibility index (Phi) is 5.39. The van der Waals surface area contributed by atoms with Crippen molar-refractivity contribution in [3.63, 3.8) is 0 Å². The highest BCUT2D eigenvalue weighted by atomic mass is 16.4. The Morgan fingerprint density at radius 3 is 2.40 bits per heavy atom. The van der Waals surface area contributed by atoms with Crippen molar-refractivity contribution < 1.29 is 14.7 Å². The number of nitrogens with zero attached hydrogens (tertiary/aromatic N) is 2. The molecule has 116 valence electrons. The van der Waals surface area contributed by atoms with Crippen molar-refractivity contribution in [2.24, 2.45) is 5.92 Å². The lowest BCUT2D eigenvalue weighted by atomic mass is 9.99. The number of nitrogens with one attached hydrogen (secondary N) is 1. The lowest BCUT2D eigenvalue weighted by Gasteiger charge is -2.29. The number of carboxylic acid groups (broad SMARTS) is 1. The van der Waals surface area contributed by atoms with Crippen LogP contribution in [0.15, 0.2) is 0 Å². The summed E-state index contributed by atoms with van der Waals surface area (Å²) in [4.78, 5) is 26.9. The van der Waals surface area contributed by atoms with Crippen LogP contribution in [-0.4, -0.2) is 65.7 Å². The normalized spacial score (nSPS) is 23.2. The molecule has 1 aliphatic heterocycles. The average Bonchev–Trinajstić information content (AvgIpc) is 2.68. The largest absolute Gasteiger partial charge is 0.481 e. The van der Waals surface area contributed by atoms with Gasteiger partial charge >= 0.3 is 12.0 Å². The Hall–Kier alpha value is -1.30. The average molecular weight is 285 g/mol. The Bertz CT molecular complexity index is 369. The number of hydrogen-bond donors (Lipinski definition) is 2. The molecule has 0 bridgehead atoms. The van der Waals surface area contributed by atoms with Gasteiger partial charge in [0.2, 0.25) is 0 Å². The third-order valence-corrected chi connectivity index (χ3v) is 3.93. The highest BCUT2D eigenvalue weighted by Crippen LogP contribution is 2.21. The molecule has 2 unspecified atom stereocenters. The van der Waals surface area contributed by atoms with Gasteiger partial charge in [-0.25, -0.2) is 4.79 Å². The first-order valence-corrected chi connectivity index (χ1v) is 7.07. The molecule has 1 fully saturated rings. The van der Waals surface area contributed by atoms with Crippen LogP contribution in [0.2, 0.25) is 0 Å². The first kappa shape index (κ1) is 16.8. The molecule has 0 aromatic rings. The first-order valence-electron chi connectivity index (χ1n) is 7.07. The van der Waals surface area contributed by atoms with Crippen molar-refractivity contribution in [3.8, 4) is 0 Å². The van der Waals surface area contributed by atoms with Gasteiger partial charge in [0.15, 0.2) is 0 Å². The van der Waals surface area contributed by atoms with Crippen molar-refractivity contribution >= 4 is 12.0 Å². The molecule has 2 amide bonds. The summed E-state index contributed by atoms with van der Waals surface area (Å²) in [5.74, 6) is -0.396. The van der Waals surface area contributed by atoms with E-state index in [0.29, 0.717) is 18.4 Å². The molecule has 0 radical (unpaired) electrons. The summed E-state index contributed by atoms with van der Waals surface area (Å²) in [5.41, 5.74) is -0.505. The molecule has 0 aromatic heterocycles. The van der Waals surface area contributed by atoms with Crippen LogP contribution in [0, 0.1) is 5.92 Å². The molecule has 2 N–H and O–H groups in total. The highest BCUT2D eigenvalue weighted by Gasteiger charge is 2.35. The number of likely N-dealkylation sites (N-methyl/N-ethyl adjacent to an activating group) is 1. The zero-order valence-electron chi connectivity index (χ0n) is 13.1. The Labute approximate surface area is 121 Å². The van der Waals surface area contributed by atoms with Crippen molar-refractivity contribution in [1.82, 2.24) is 15.1 Å². The summed E-state index contributed by atoms with van der Waals surface area (Å²) in [5, 5.41) is 11.7. The summed E-state index contributed by atoms with van der Waals surface area (Å²) >= 11 is 0. The summed E-state index contributed by atoms with van der Waals surface area (Å²) in [7, 11) is 4.05. The molecule has 1 heterocycles. The minimum absolute atomic E-state index is 0.0595. The maximum atomic E-state index is 12.3. The van der Waals surface area contributed by atoms with Crippen LogP contribution in [0.25, 0.3) is 0 Å². The molecule has 0 aliphatic carbocycles. The lowest BCUT2D eigenvalue weighted by Crippen LogP contribution is -2.50. The van der Waals surface area contributed by atoms with Crippen molar-refractivity contribution in [1.29, 1.82) is 0 Å². The molecular formula is C14H27N3O3. The summed E-state index contributed by atoms with van der Waals surface area (Å²) in [6.45, 7) is 7.32. The molecule has 0 aromatic carbocycles. The second-order valence-electron chi connectivity index (χ2n) is 6.62. The van der Waals surface area contributed by atoms with Crippen molar-refractivity contribution in [3.05, 3.63) is 0 Å². The molecule has 2 atom stereocenters. The molecule has 6 nitrogen and oxygen atoms in total. The second-order valence-corrected chi connectivity index (χ2v) is 6.62. The fourth-order valence-electron chi connectivity index (χ4n) is 2.64. The third kappa shape index (κ3) is 4.67. The van der Waals surface area contributed by atoms with E-state index < -0.39 is 11.5 Å². The van der Waals surface area contributed by atoms with E-state index in [4.69, 9.17) is 5.11 Å². The fourth-order valence-corrected chi connectivity index (χ4v) is 2.64. The number of aliphatic carboxylic acids is 1. The van der Waals surface area contributed by atoms with Crippen LogP contribution < -0.4 is 5.32 Å². The minimum Gasteiger partial charge on any atom is -0.481 e. The van der Waals surface area contributed by atoms with Gasteiger partial charge in [-0.2, -0.15) is 0 Å². The monoisotopic (exact) mass is 285 g/mol. The summed E-state index contributed by atoms with van der Waals surface area (Å²) in [6.07, 6.45) is 0.485. The van der Waals surface area contributed by atoms with E-state index >= 15 is 0 Å². The standard InChI is InChI=1S/C14H27N3O3/c1-10-8-17(9-11(10)16(4)5)13(20)15-14(2,3)7-6-12(18)19/h10-11H,6-9H2,1-5H3,(H,15,20)(H,18,19). The molecule has 6 heteroatoms. The first-order chi connectivity index (χ1) is 9.12. The molecule has 1 aliphatic rings. The van der Waals surface area contributed by atoms with Gasteiger partial charge in [0.05, 0.1) is 0 Å². The van der Waals surface area contributed by atoms with Gasteiger partial charge in [0.1, 0.15) is 0 Å². The van der Waals surface area contributed by atoms with Crippen LogP contribution in [-0.2, 0) is 4.79 Å².